The lowest BCUT2D eigenvalue weighted by Gasteiger charge is -2.15. The van der Waals surface area contributed by atoms with Gasteiger partial charge < -0.3 is 10.1 Å². The molecule has 0 aliphatic rings. The molecule has 0 saturated heterocycles. The van der Waals surface area contributed by atoms with E-state index in [1.165, 1.54) is 0 Å². The quantitative estimate of drug-likeness (QED) is 0.586. The monoisotopic (exact) mass is 398 g/mol. The van der Waals surface area contributed by atoms with Gasteiger partial charge in [-0.05, 0) is 44.0 Å². The minimum atomic E-state index is -0.382. The van der Waals surface area contributed by atoms with Crippen molar-refractivity contribution in [2.45, 2.75) is 20.8 Å². The van der Waals surface area contributed by atoms with Gasteiger partial charge in [-0.1, -0.05) is 40.2 Å². The summed E-state index contributed by atoms with van der Waals surface area (Å²) >= 11 is 3.55. The summed E-state index contributed by atoms with van der Waals surface area (Å²) in [5, 5.41) is 4.27. The molecule has 2 aromatic carbocycles. The molecule has 0 bridgehead atoms. The van der Waals surface area contributed by atoms with Crippen LogP contribution in [0.3, 0.4) is 0 Å². The molecular formula is C20H19BrN2O2. The molecule has 1 aromatic heterocycles. The molecule has 0 atom stereocenters. The molecule has 1 heterocycles. The Balaban J connectivity index is 2.17. The van der Waals surface area contributed by atoms with Crippen molar-refractivity contribution in [1.82, 2.24) is 4.98 Å². The Hall–Kier alpha value is -2.40. The van der Waals surface area contributed by atoms with Gasteiger partial charge in [0.2, 0.25) is 0 Å². The van der Waals surface area contributed by atoms with Crippen molar-refractivity contribution in [3.05, 3.63) is 63.8 Å². The van der Waals surface area contributed by atoms with E-state index in [-0.39, 0.29) is 5.97 Å². The molecule has 25 heavy (non-hydrogen) atoms. The third kappa shape index (κ3) is 3.51. The van der Waals surface area contributed by atoms with Gasteiger partial charge in [0.25, 0.3) is 0 Å². The predicted molar refractivity (Wildman–Crippen MR) is 105 cm³/mol. The van der Waals surface area contributed by atoms with E-state index in [1.54, 1.807) is 13.1 Å². The van der Waals surface area contributed by atoms with Crippen LogP contribution in [0.2, 0.25) is 0 Å². The molecule has 3 rings (SSSR count). The van der Waals surface area contributed by atoms with E-state index in [0.717, 1.165) is 32.2 Å². The molecule has 128 valence electrons. The number of nitrogens with one attached hydrogen (secondary N) is 1. The fourth-order valence-corrected chi connectivity index (χ4v) is 3.06. The van der Waals surface area contributed by atoms with Crippen LogP contribution >= 0.6 is 15.9 Å². The maximum Gasteiger partial charge on any atom is 0.341 e. The van der Waals surface area contributed by atoms with Gasteiger partial charge in [-0.2, -0.15) is 0 Å². The minimum absolute atomic E-state index is 0.320. The third-order valence-corrected chi connectivity index (χ3v) is 4.89. The van der Waals surface area contributed by atoms with Gasteiger partial charge in [-0.15, -0.1) is 0 Å². The van der Waals surface area contributed by atoms with Crippen LogP contribution in [-0.2, 0) is 4.74 Å². The number of halogens is 1. The first-order valence-corrected chi connectivity index (χ1v) is 8.89. The maximum atomic E-state index is 12.4. The SMILES string of the molecule is CCOC(=O)c1cnc2c(C)cccc2c1Nc1ccc(C)c(Br)c1. The number of pyridine rings is 1. The normalized spacial score (nSPS) is 10.7. The van der Waals surface area contributed by atoms with Crippen molar-refractivity contribution >= 4 is 44.2 Å². The number of hydrogen-bond acceptors (Lipinski definition) is 4. The largest absolute Gasteiger partial charge is 0.462 e. The van der Waals surface area contributed by atoms with E-state index in [0.29, 0.717) is 17.9 Å². The second-order valence-corrected chi connectivity index (χ2v) is 6.68. The van der Waals surface area contributed by atoms with Crippen molar-refractivity contribution in [3.63, 3.8) is 0 Å². The second kappa shape index (κ2) is 7.23. The molecule has 5 heteroatoms. The zero-order chi connectivity index (χ0) is 18.0. The summed E-state index contributed by atoms with van der Waals surface area (Å²) in [6.07, 6.45) is 1.58. The Morgan fingerprint density at radius 2 is 2.00 bits per heavy atom. The van der Waals surface area contributed by atoms with Gasteiger partial charge >= 0.3 is 5.97 Å². The van der Waals surface area contributed by atoms with Crippen LogP contribution in [0.4, 0.5) is 11.4 Å². The first-order valence-electron chi connectivity index (χ1n) is 8.10. The number of esters is 1. The number of carbonyl (C=O) groups is 1. The van der Waals surface area contributed by atoms with Crippen LogP contribution in [0.15, 0.2) is 47.1 Å². The number of anilines is 2. The minimum Gasteiger partial charge on any atom is -0.462 e. The second-order valence-electron chi connectivity index (χ2n) is 5.83. The zero-order valence-electron chi connectivity index (χ0n) is 14.4. The standard InChI is InChI=1S/C20H19BrN2O2/c1-4-25-20(24)16-11-22-18-13(3)6-5-7-15(18)19(16)23-14-9-8-12(2)17(21)10-14/h5-11H,4H2,1-3H3,(H,22,23). The van der Waals surface area contributed by atoms with Gasteiger partial charge in [-0.25, -0.2) is 4.79 Å². The van der Waals surface area contributed by atoms with Gasteiger partial charge in [-0.3, -0.25) is 4.98 Å². The first kappa shape index (κ1) is 17.4. The number of aryl methyl sites for hydroxylation is 2. The number of ether oxygens (including phenoxy) is 1. The fraction of sp³-hybridized carbons (Fsp3) is 0.200. The van der Waals surface area contributed by atoms with Crippen molar-refractivity contribution in [1.29, 1.82) is 0 Å². The van der Waals surface area contributed by atoms with E-state index < -0.39 is 0 Å². The fourth-order valence-electron chi connectivity index (χ4n) is 2.68. The van der Waals surface area contributed by atoms with Crippen LogP contribution in [0.5, 0.6) is 0 Å². The number of benzene rings is 2. The maximum absolute atomic E-state index is 12.4. The number of aromatic nitrogens is 1. The van der Waals surface area contributed by atoms with Gasteiger partial charge in [0.15, 0.2) is 0 Å². The van der Waals surface area contributed by atoms with Crippen molar-refractivity contribution in [2.24, 2.45) is 0 Å². The molecule has 0 fully saturated rings. The topological polar surface area (TPSA) is 51.2 Å². The van der Waals surface area contributed by atoms with Gasteiger partial charge in [0.1, 0.15) is 5.56 Å². The molecule has 0 unspecified atom stereocenters. The molecule has 0 saturated carbocycles. The highest BCUT2D eigenvalue weighted by Crippen LogP contribution is 2.32. The van der Waals surface area contributed by atoms with Crippen molar-refractivity contribution in [3.8, 4) is 0 Å². The first-order chi connectivity index (χ1) is 12.0. The van der Waals surface area contributed by atoms with Gasteiger partial charge in [0.05, 0.1) is 17.8 Å². The smallest absolute Gasteiger partial charge is 0.341 e. The summed E-state index contributed by atoms with van der Waals surface area (Å²) in [7, 11) is 0. The van der Waals surface area contributed by atoms with E-state index in [4.69, 9.17) is 4.74 Å². The zero-order valence-corrected chi connectivity index (χ0v) is 16.0. The Bertz CT molecular complexity index is 954. The molecule has 0 radical (unpaired) electrons. The molecule has 0 aliphatic carbocycles. The van der Waals surface area contributed by atoms with Crippen molar-refractivity contribution < 1.29 is 9.53 Å². The summed E-state index contributed by atoms with van der Waals surface area (Å²) in [6, 6.07) is 11.9. The number of carbonyl (C=O) groups excluding carboxylic acids is 1. The molecule has 4 nitrogen and oxygen atoms in total. The Morgan fingerprint density at radius 3 is 2.72 bits per heavy atom. The van der Waals surface area contributed by atoms with E-state index >= 15 is 0 Å². The summed E-state index contributed by atoms with van der Waals surface area (Å²) in [4.78, 5) is 16.9. The van der Waals surface area contributed by atoms with E-state index in [9.17, 15) is 4.79 Å². The average molecular weight is 399 g/mol. The van der Waals surface area contributed by atoms with Crippen LogP contribution in [0.1, 0.15) is 28.4 Å². The highest BCUT2D eigenvalue weighted by Gasteiger charge is 2.17. The number of para-hydroxylation sites is 1. The highest BCUT2D eigenvalue weighted by atomic mass is 79.9. The molecular weight excluding hydrogens is 380 g/mol. The lowest BCUT2D eigenvalue weighted by Crippen LogP contribution is -2.09. The summed E-state index contributed by atoms with van der Waals surface area (Å²) in [5.74, 6) is -0.382. The number of nitrogens with zero attached hydrogens (tertiary/aromatic N) is 1. The Labute approximate surface area is 155 Å². The molecule has 0 aliphatic heterocycles. The van der Waals surface area contributed by atoms with E-state index in [2.05, 4.69) is 26.2 Å². The van der Waals surface area contributed by atoms with Crippen LogP contribution < -0.4 is 5.32 Å². The van der Waals surface area contributed by atoms with Gasteiger partial charge in [0, 0.05) is 21.7 Å². The van der Waals surface area contributed by atoms with Crippen LogP contribution in [-0.4, -0.2) is 17.6 Å². The lowest BCUT2D eigenvalue weighted by atomic mass is 10.1. The number of fused-ring (bicyclic) bond motifs is 1. The Kier molecular flexibility index (Phi) is 5.04. The van der Waals surface area contributed by atoms with Crippen LogP contribution in [0, 0.1) is 13.8 Å². The lowest BCUT2D eigenvalue weighted by molar-refractivity contribution is 0.0527. The summed E-state index contributed by atoms with van der Waals surface area (Å²) in [5.41, 5.74) is 5.09. The number of rotatable bonds is 4. The summed E-state index contributed by atoms with van der Waals surface area (Å²) < 4.78 is 6.20. The molecule has 1 N–H and O–H groups in total. The molecule has 3 aromatic rings. The predicted octanol–water partition coefficient (Wildman–Crippen LogP) is 5.53. The molecule has 0 spiro atoms. The van der Waals surface area contributed by atoms with Crippen molar-refractivity contribution in [2.75, 3.05) is 11.9 Å². The average Bonchev–Trinajstić information content (AvgIpc) is 2.59. The highest BCUT2D eigenvalue weighted by molar-refractivity contribution is 9.10. The Morgan fingerprint density at radius 1 is 1.20 bits per heavy atom. The number of hydrogen-bond donors (Lipinski definition) is 1. The van der Waals surface area contributed by atoms with Crippen LogP contribution in [0.25, 0.3) is 10.9 Å². The van der Waals surface area contributed by atoms with E-state index in [1.807, 2.05) is 50.2 Å². The molecule has 0 amide bonds. The summed E-state index contributed by atoms with van der Waals surface area (Å²) in [6.45, 7) is 6.15. The third-order valence-electron chi connectivity index (χ3n) is 4.04.